The van der Waals surface area contributed by atoms with Crippen molar-refractivity contribution in [2.75, 3.05) is 25.3 Å². The molecule has 30 heavy (non-hydrogen) atoms. The maximum atomic E-state index is 12.4. The predicted octanol–water partition coefficient (Wildman–Crippen LogP) is 3.27. The van der Waals surface area contributed by atoms with Crippen molar-refractivity contribution in [3.05, 3.63) is 12.5 Å². The zero-order valence-electron chi connectivity index (χ0n) is 15.1. The summed E-state index contributed by atoms with van der Waals surface area (Å²) in [6.45, 7) is -3.99. The van der Waals surface area contributed by atoms with Crippen molar-refractivity contribution < 1.29 is 44.7 Å². The van der Waals surface area contributed by atoms with Crippen LogP contribution in [0.5, 0.6) is 0 Å². The van der Waals surface area contributed by atoms with E-state index in [0.717, 1.165) is 0 Å². The average molecular weight is 463 g/mol. The number of nitrogens with zero attached hydrogens (tertiary/aromatic N) is 4. The zero-order valence-corrected chi connectivity index (χ0v) is 16.0. The Morgan fingerprint density at radius 1 is 1.10 bits per heavy atom. The van der Waals surface area contributed by atoms with Gasteiger partial charge < -0.3 is 15.0 Å². The molecule has 0 atom stereocenters. The molecule has 1 saturated carbocycles. The lowest BCUT2D eigenvalue weighted by molar-refractivity contribution is -0.166. The molecule has 0 spiro atoms. The number of imidazole rings is 1. The third kappa shape index (κ3) is 6.27. The van der Waals surface area contributed by atoms with Gasteiger partial charge in [0.15, 0.2) is 18.9 Å². The Hall–Kier alpha value is -1.96. The summed E-state index contributed by atoms with van der Waals surface area (Å²) < 4.78 is 102. The molecular weight excluding hydrogens is 447 g/mol. The number of hydrogen-bond donors (Lipinski definition) is 1. The van der Waals surface area contributed by atoms with Gasteiger partial charge in [-0.25, -0.2) is 9.97 Å². The number of fused-ring (bicyclic) bond motifs is 1. The first-order valence-electron chi connectivity index (χ1n) is 8.37. The van der Waals surface area contributed by atoms with Crippen LogP contribution < -0.4 is 5.73 Å². The Kier molecular flexibility index (Phi) is 6.02. The molecule has 2 N–H and O–H groups in total. The van der Waals surface area contributed by atoms with Gasteiger partial charge in [-0.1, -0.05) is 0 Å². The van der Waals surface area contributed by atoms with E-state index in [0.29, 0.717) is 24.0 Å². The second-order valence-electron chi connectivity index (χ2n) is 6.65. The van der Waals surface area contributed by atoms with Crippen molar-refractivity contribution in [2.45, 2.75) is 37.3 Å². The number of rotatable bonds is 9. The smallest absolute Gasteiger partial charge is 0.368 e. The first kappa shape index (κ1) is 22.7. The molecule has 0 saturated heterocycles. The molecule has 0 bridgehead atoms. The van der Waals surface area contributed by atoms with Crippen molar-refractivity contribution in [2.24, 2.45) is 0 Å². The molecular formula is C14H16F6N5O4P. The normalized spacial score (nSPS) is 16.9. The minimum Gasteiger partial charge on any atom is -0.368 e. The van der Waals surface area contributed by atoms with Gasteiger partial charge in [-0.15, -0.1) is 0 Å². The van der Waals surface area contributed by atoms with Crippen LogP contribution in [0.25, 0.3) is 11.2 Å². The standard InChI is InChI=1S/C14H16F6N5O4P/c15-13(16,17)5-28-30(26,29-6-14(18,19)20)8-27-12(1-2-12)4-25-7-23-9-3-22-11(21)24-10(9)25/h3,7H,1-2,4-6,8H2,(H2,21,22,24). The molecule has 0 amide bonds. The second kappa shape index (κ2) is 7.94. The fraction of sp³-hybridized carbons (Fsp3) is 0.643. The number of aromatic nitrogens is 4. The van der Waals surface area contributed by atoms with Gasteiger partial charge in [-0.05, 0) is 12.8 Å². The number of hydrogen-bond acceptors (Lipinski definition) is 8. The summed E-state index contributed by atoms with van der Waals surface area (Å²) in [7, 11) is -4.85. The lowest BCUT2D eigenvalue weighted by Crippen LogP contribution is -2.25. The van der Waals surface area contributed by atoms with E-state index < -0.39 is 45.1 Å². The van der Waals surface area contributed by atoms with Gasteiger partial charge >= 0.3 is 19.9 Å². The molecule has 0 radical (unpaired) electrons. The summed E-state index contributed by atoms with van der Waals surface area (Å²) in [4.78, 5) is 11.9. The van der Waals surface area contributed by atoms with E-state index in [1.807, 2.05) is 0 Å². The molecule has 2 heterocycles. The van der Waals surface area contributed by atoms with Crippen LogP contribution in [0.1, 0.15) is 12.8 Å². The SMILES string of the molecule is Nc1ncc2ncn(CC3(OCP(=O)(OCC(F)(F)F)OCC(F)(F)F)CC3)c2n1. The molecule has 0 unspecified atom stereocenters. The topological polar surface area (TPSA) is 114 Å². The second-order valence-corrected chi connectivity index (χ2v) is 8.65. The fourth-order valence-electron chi connectivity index (χ4n) is 2.45. The minimum absolute atomic E-state index is 0.0133. The zero-order chi connectivity index (χ0) is 22.2. The third-order valence-electron chi connectivity index (χ3n) is 4.02. The summed E-state index contributed by atoms with van der Waals surface area (Å²) in [6.07, 6.45) is -7.30. The highest BCUT2D eigenvalue weighted by Crippen LogP contribution is 2.53. The minimum atomic E-state index is -4.91. The van der Waals surface area contributed by atoms with E-state index in [4.69, 9.17) is 10.5 Å². The summed E-state index contributed by atoms with van der Waals surface area (Å²) >= 11 is 0. The highest BCUT2D eigenvalue weighted by atomic mass is 31.2. The van der Waals surface area contributed by atoms with Crippen LogP contribution in [-0.4, -0.2) is 57.0 Å². The van der Waals surface area contributed by atoms with E-state index in [1.165, 1.54) is 12.5 Å². The molecule has 2 aromatic heterocycles. The van der Waals surface area contributed by atoms with Crippen LogP contribution in [0.2, 0.25) is 0 Å². The van der Waals surface area contributed by atoms with Crippen LogP contribution in [0.4, 0.5) is 32.3 Å². The number of anilines is 1. The molecule has 2 aromatic rings. The molecule has 0 aromatic carbocycles. The van der Waals surface area contributed by atoms with Crippen molar-refractivity contribution in [3.8, 4) is 0 Å². The highest BCUT2D eigenvalue weighted by Gasteiger charge is 2.48. The Morgan fingerprint density at radius 2 is 1.70 bits per heavy atom. The number of halogens is 6. The van der Waals surface area contributed by atoms with Gasteiger partial charge in [-0.2, -0.15) is 31.3 Å². The van der Waals surface area contributed by atoms with Crippen molar-refractivity contribution >= 4 is 24.7 Å². The van der Waals surface area contributed by atoms with Crippen LogP contribution in [-0.2, 0) is 24.9 Å². The highest BCUT2D eigenvalue weighted by molar-refractivity contribution is 7.53. The van der Waals surface area contributed by atoms with Gasteiger partial charge in [0, 0.05) is 0 Å². The Morgan fingerprint density at radius 3 is 2.23 bits per heavy atom. The quantitative estimate of drug-likeness (QED) is 0.445. The molecule has 9 nitrogen and oxygen atoms in total. The molecule has 0 aliphatic heterocycles. The molecule has 1 aliphatic carbocycles. The Bertz CT molecular complexity index is 923. The monoisotopic (exact) mass is 463 g/mol. The van der Waals surface area contributed by atoms with E-state index in [-0.39, 0.29) is 12.5 Å². The van der Waals surface area contributed by atoms with Gasteiger partial charge in [0.1, 0.15) is 11.9 Å². The summed E-state index contributed by atoms with van der Waals surface area (Å²) in [6, 6.07) is 0. The van der Waals surface area contributed by atoms with E-state index in [2.05, 4.69) is 24.0 Å². The van der Waals surface area contributed by atoms with Gasteiger partial charge in [0.05, 0.1) is 24.7 Å². The number of nitrogens with two attached hydrogens (primary N) is 1. The number of nitrogen functional groups attached to an aromatic ring is 1. The molecule has 168 valence electrons. The molecule has 16 heteroatoms. The van der Waals surface area contributed by atoms with Crippen molar-refractivity contribution in [3.63, 3.8) is 0 Å². The van der Waals surface area contributed by atoms with Crippen LogP contribution in [0, 0.1) is 0 Å². The molecule has 3 rings (SSSR count). The molecule has 1 fully saturated rings. The largest absolute Gasteiger partial charge is 0.412 e. The van der Waals surface area contributed by atoms with Crippen LogP contribution in [0.3, 0.4) is 0 Å². The molecule has 1 aliphatic rings. The Labute approximate surface area is 165 Å². The lowest BCUT2D eigenvalue weighted by atomic mass is 10.3. The Balaban J connectivity index is 1.68. The lowest BCUT2D eigenvalue weighted by Gasteiger charge is -2.23. The summed E-state index contributed by atoms with van der Waals surface area (Å²) in [5, 5.41) is 0. The van der Waals surface area contributed by atoms with Crippen LogP contribution >= 0.6 is 7.60 Å². The maximum Gasteiger partial charge on any atom is 0.412 e. The number of ether oxygens (including phenoxy) is 1. The van der Waals surface area contributed by atoms with E-state index in [1.54, 1.807) is 4.57 Å². The van der Waals surface area contributed by atoms with Crippen LogP contribution in [0.15, 0.2) is 12.5 Å². The third-order valence-corrected chi connectivity index (χ3v) is 5.51. The first-order chi connectivity index (χ1) is 13.8. The van der Waals surface area contributed by atoms with E-state index >= 15 is 0 Å². The number of alkyl halides is 6. The fourth-order valence-corrected chi connectivity index (χ4v) is 3.79. The summed E-state index contributed by atoms with van der Waals surface area (Å²) in [5.74, 6) is -0.0133. The van der Waals surface area contributed by atoms with Gasteiger partial charge in [0.25, 0.3) is 0 Å². The van der Waals surface area contributed by atoms with Crippen molar-refractivity contribution in [1.82, 2.24) is 19.5 Å². The van der Waals surface area contributed by atoms with Gasteiger partial charge in [-0.3, -0.25) is 13.6 Å². The predicted molar refractivity (Wildman–Crippen MR) is 89.3 cm³/mol. The average Bonchev–Trinajstić information content (AvgIpc) is 3.30. The summed E-state index contributed by atoms with van der Waals surface area (Å²) in [5.41, 5.74) is 5.33. The van der Waals surface area contributed by atoms with E-state index in [9.17, 15) is 30.9 Å². The maximum absolute atomic E-state index is 12.4. The van der Waals surface area contributed by atoms with Crippen molar-refractivity contribution in [1.29, 1.82) is 0 Å². The first-order valence-corrected chi connectivity index (χ1v) is 10.1. The van der Waals surface area contributed by atoms with Gasteiger partial charge in [0.2, 0.25) is 5.95 Å².